The van der Waals surface area contributed by atoms with E-state index >= 15 is 0 Å². The van der Waals surface area contributed by atoms with Gasteiger partial charge in [0.2, 0.25) is 0 Å². The highest BCUT2D eigenvalue weighted by atomic mass is 32.1. The summed E-state index contributed by atoms with van der Waals surface area (Å²) in [6.07, 6.45) is 3.09. The standard InChI is InChI=1S/C14H17N3OS/c1-15-7-2-3-13-16-17-14(19-13)11-4-5-12-10(9-11)6-8-18-12/h4-5,9,15H,2-3,6-8H2,1H3. The molecule has 1 aromatic heterocycles. The number of rotatable bonds is 5. The third-order valence-corrected chi connectivity index (χ3v) is 4.25. The van der Waals surface area contributed by atoms with E-state index in [0.717, 1.165) is 53.7 Å². The van der Waals surface area contributed by atoms with E-state index in [4.69, 9.17) is 4.74 Å². The largest absolute Gasteiger partial charge is 0.493 e. The molecule has 2 heterocycles. The maximum absolute atomic E-state index is 5.52. The summed E-state index contributed by atoms with van der Waals surface area (Å²) in [5, 5.41) is 13.8. The van der Waals surface area contributed by atoms with Crippen LogP contribution in [0.2, 0.25) is 0 Å². The van der Waals surface area contributed by atoms with Crippen molar-refractivity contribution in [3.63, 3.8) is 0 Å². The Bertz CT molecular complexity index is 568. The van der Waals surface area contributed by atoms with Crippen LogP contribution in [-0.4, -0.2) is 30.4 Å². The Morgan fingerprint density at radius 2 is 2.32 bits per heavy atom. The molecule has 19 heavy (non-hydrogen) atoms. The van der Waals surface area contributed by atoms with Gasteiger partial charge in [-0.15, -0.1) is 10.2 Å². The summed E-state index contributed by atoms with van der Waals surface area (Å²) >= 11 is 1.69. The molecule has 4 nitrogen and oxygen atoms in total. The third kappa shape index (κ3) is 2.77. The van der Waals surface area contributed by atoms with E-state index in [0.29, 0.717) is 0 Å². The van der Waals surface area contributed by atoms with E-state index in [2.05, 4.69) is 27.6 Å². The normalized spacial score (nSPS) is 13.3. The van der Waals surface area contributed by atoms with Gasteiger partial charge in [-0.2, -0.15) is 0 Å². The van der Waals surface area contributed by atoms with E-state index in [9.17, 15) is 0 Å². The van der Waals surface area contributed by atoms with Crippen LogP contribution < -0.4 is 10.1 Å². The van der Waals surface area contributed by atoms with Gasteiger partial charge in [0.1, 0.15) is 15.8 Å². The zero-order chi connectivity index (χ0) is 13.1. The summed E-state index contributed by atoms with van der Waals surface area (Å²) in [5.74, 6) is 1.02. The van der Waals surface area contributed by atoms with Crippen LogP contribution in [-0.2, 0) is 12.8 Å². The van der Waals surface area contributed by atoms with E-state index in [1.165, 1.54) is 5.56 Å². The van der Waals surface area contributed by atoms with E-state index in [1.54, 1.807) is 11.3 Å². The number of benzene rings is 1. The minimum Gasteiger partial charge on any atom is -0.493 e. The van der Waals surface area contributed by atoms with Crippen LogP contribution in [0.15, 0.2) is 18.2 Å². The molecule has 3 rings (SSSR count). The molecule has 1 aliphatic heterocycles. The van der Waals surface area contributed by atoms with Crippen molar-refractivity contribution in [1.29, 1.82) is 0 Å². The molecule has 0 radical (unpaired) electrons. The molecular weight excluding hydrogens is 258 g/mol. The highest BCUT2D eigenvalue weighted by Crippen LogP contribution is 2.31. The van der Waals surface area contributed by atoms with Crippen LogP contribution >= 0.6 is 11.3 Å². The van der Waals surface area contributed by atoms with Gasteiger partial charge in [0, 0.05) is 18.4 Å². The predicted molar refractivity (Wildman–Crippen MR) is 76.8 cm³/mol. The molecule has 0 fully saturated rings. The molecule has 0 saturated carbocycles. The van der Waals surface area contributed by atoms with Crippen molar-refractivity contribution in [2.45, 2.75) is 19.3 Å². The van der Waals surface area contributed by atoms with Gasteiger partial charge in [0.15, 0.2) is 0 Å². The van der Waals surface area contributed by atoms with Crippen molar-refractivity contribution in [1.82, 2.24) is 15.5 Å². The van der Waals surface area contributed by atoms with Crippen molar-refractivity contribution in [2.75, 3.05) is 20.2 Å². The minimum absolute atomic E-state index is 0.796. The number of fused-ring (bicyclic) bond motifs is 1. The number of aryl methyl sites for hydroxylation is 1. The summed E-state index contributed by atoms with van der Waals surface area (Å²) in [7, 11) is 1.97. The molecule has 100 valence electrons. The number of hydrogen-bond acceptors (Lipinski definition) is 5. The fraction of sp³-hybridized carbons (Fsp3) is 0.429. The fourth-order valence-electron chi connectivity index (χ4n) is 2.21. The molecule has 1 aliphatic rings. The Morgan fingerprint density at radius 3 is 3.21 bits per heavy atom. The molecule has 0 bridgehead atoms. The maximum atomic E-state index is 5.52. The monoisotopic (exact) mass is 275 g/mol. The Morgan fingerprint density at radius 1 is 1.37 bits per heavy atom. The summed E-state index contributed by atoms with van der Waals surface area (Å²) in [6.45, 7) is 1.81. The average molecular weight is 275 g/mol. The number of aromatic nitrogens is 2. The summed E-state index contributed by atoms with van der Waals surface area (Å²) in [4.78, 5) is 0. The van der Waals surface area contributed by atoms with Gasteiger partial charge in [-0.25, -0.2) is 0 Å². The van der Waals surface area contributed by atoms with Gasteiger partial charge < -0.3 is 10.1 Å². The zero-order valence-corrected chi connectivity index (χ0v) is 11.8. The first-order valence-electron chi connectivity index (χ1n) is 6.60. The number of ether oxygens (including phenoxy) is 1. The first-order chi connectivity index (χ1) is 9.36. The van der Waals surface area contributed by atoms with Crippen molar-refractivity contribution in [3.05, 3.63) is 28.8 Å². The van der Waals surface area contributed by atoms with Crippen molar-refractivity contribution < 1.29 is 4.74 Å². The second-order valence-corrected chi connectivity index (χ2v) is 5.69. The SMILES string of the molecule is CNCCCc1nnc(-c2ccc3c(c2)CCO3)s1. The molecule has 0 unspecified atom stereocenters. The minimum atomic E-state index is 0.796. The average Bonchev–Trinajstić information content (AvgIpc) is 3.06. The van der Waals surface area contributed by atoms with Gasteiger partial charge in [-0.05, 0) is 43.8 Å². The quantitative estimate of drug-likeness (QED) is 0.851. The Balaban J connectivity index is 1.75. The molecule has 1 N–H and O–H groups in total. The number of hydrogen-bond donors (Lipinski definition) is 1. The van der Waals surface area contributed by atoms with E-state index in [1.807, 2.05) is 13.1 Å². The van der Waals surface area contributed by atoms with Gasteiger partial charge in [0.25, 0.3) is 0 Å². The van der Waals surface area contributed by atoms with Crippen LogP contribution in [0.4, 0.5) is 0 Å². The first-order valence-corrected chi connectivity index (χ1v) is 7.41. The van der Waals surface area contributed by atoms with Crippen molar-refractivity contribution in [3.8, 4) is 16.3 Å². The van der Waals surface area contributed by atoms with Gasteiger partial charge in [-0.1, -0.05) is 11.3 Å². The fourth-order valence-corrected chi connectivity index (χ4v) is 3.08. The van der Waals surface area contributed by atoms with Crippen molar-refractivity contribution >= 4 is 11.3 Å². The highest BCUT2D eigenvalue weighted by molar-refractivity contribution is 7.14. The van der Waals surface area contributed by atoms with Gasteiger partial charge in [-0.3, -0.25) is 0 Å². The molecular formula is C14H17N3OS. The van der Waals surface area contributed by atoms with E-state index in [-0.39, 0.29) is 0 Å². The molecule has 0 aliphatic carbocycles. The van der Waals surface area contributed by atoms with Gasteiger partial charge >= 0.3 is 0 Å². The second-order valence-electron chi connectivity index (χ2n) is 4.63. The molecule has 0 saturated heterocycles. The Kier molecular flexibility index (Phi) is 3.75. The summed E-state index contributed by atoms with van der Waals surface area (Å²) in [6, 6.07) is 6.29. The zero-order valence-electron chi connectivity index (χ0n) is 11.0. The molecule has 5 heteroatoms. The topological polar surface area (TPSA) is 47.0 Å². The van der Waals surface area contributed by atoms with Crippen LogP contribution in [0.1, 0.15) is 17.0 Å². The van der Waals surface area contributed by atoms with E-state index < -0.39 is 0 Å². The van der Waals surface area contributed by atoms with Crippen LogP contribution in [0.5, 0.6) is 5.75 Å². The lowest BCUT2D eigenvalue weighted by molar-refractivity contribution is 0.357. The molecule has 1 aromatic carbocycles. The maximum Gasteiger partial charge on any atom is 0.147 e. The van der Waals surface area contributed by atoms with Crippen LogP contribution in [0.25, 0.3) is 10.6 Å². The van der Waals surface area contributed by atoms with Crippen LogP contribution in [0.3, 0.4) is 0 Å². The first kappa shape index (κ1) is 12.6. The summed E-state index contributed by atoms with van der Waals surface area (Å²) in [5.41, 5.74) is 2.44. The second kappa shape index (κ2) is 5.67. The lowest BCUT2D eigenvalue weighted by Gasteiger charge is -2.00. The number of nitrogens with one attached hydrogen (secondary N) is 1. The molecule has 2 aromatic rings. The highest BCUT2D eigenvalue weighted by Gasteiger charge is 2.14. The number of nitrogens with zero attached hydrogens (tertiary/aromatic N) is 2. The lowest BCUT2D eigenvalue weighted by Crippen LogP contribution is -2.08. The predicted octanol–water partition coefficient (Wildman–Crippen LogP) is 2.29. The lowest BCUT2D eigenvalue weighted by atomic mass is 10.1. The summed E-state index contributed by atoms with van der Waals surface area (Å²) < 4.78 is 5.52. The third-order valence-electron chi connectivity index (χ3n) is 3.22. The smallest absolute Gasteiger partial charge is 0.147 e. The Hall–Kier alpha value is -1.46. The van der Waals surface area contributed by atoms with Crippen LogP contribution in [0, 0.1) is 0 Å². The molecule has 0 amide bonds. The molecule has 0 atom stereocenters. The molecule has 0 spiro atoms. The van der Waals surface area contributed by atoms with Gasteiger partial charge in [0.05, 0.1) is 6.61 Å². The van der Waals surface area contributed by atoms with Crippen molar-refractivity contribution in [2.24, 2.45) is 0 Å². The Labute approximate surface area is 116 Å².